The summed E-state index contributed by atoms with van der Waals surface area (Å²) in [5, 5.41) is 19.4. The second kappa shape index (κ2) is 9.23. The Morgan fingerprint density at radius 2 is 1.94 bits per heavy atom. The lowest BCUT2D eigenvalue weighted by atomic mass is 9.95. The summed E-state index contributed by atoms with van der Waals surface area (Å²) < 4.78 is 6.91. The standard InChI is InChI=1S/C22H21N5O4S/c1-3-31-20(28)18-14(2)23-21-24-22(32-13-15-7-5-4-6-8-15)25-26(21)19(18)16-9-11-17(12-10-16)27(29)30/h4-12,19H,3,13H2,1-2H3,(H,23,24,25). The Morgan fingerprint density at radius 3 is 2.59 bits per heavy atom. The Labute approximate surface area is 188 Å². The van der Waals surface area contributed by atoms with Crippen molar-refractivity contribution in [1.82, 2.24) is 14.8 Å². The number of hydrogen-bond acceptors (Lipinski definition) is 8. The van der Waals surface area contributed by atoms with Gasteiger partial charge in [0.2, 0.25) is 11.1 Å². The van der Waals surface area contributed by atoms with E-state index in [-0.39, 0.29) is 12.3 Å². The van der Waals surface area contributed by atoms with Crippen LogP contribution in [-0.4, -0.2) is 32.3 Å². The first-order valence-electron chi connectivity index (χ1n) is 10.0. The third-order valence-corrected chi connectivity index (χ3v) is 5.87. The first-order valence-corrected chi connectivity index (χ1v) is 11.0. The molecule has 2 heterocycles. The van der Waals surface area contributed by atoms with Gasteiger partial charge < -0.3 is 10.1 Å². The summed E-state index contributed by atoms with van der Waals surface area (Å²) in [5.41, 5.74) is 2.78. The minimum absolute atomic E-state index is 0.0287. The van der Waals surface area contributed by atoms with Crippen LogP contribution in [0.25, 0.3) is 0 Å². The number of nitrogens with one attached hydrogen (secondary N) is 1. The third kappa shape index (κ3) is 4.35. The van der Waals surface area contributed by atoms with Gasteiger partial charge in [0.1, 0.15) is 6.04 Å². The highest BCUT2D eigenvalue weighted by atomic mass is 32.2. The molecule has 1 unspecified atom stereocenters. The normalized spacial score (nSPS) is 15.1. The van der Waals surface area contributed by atoms with Crippen LogP contribution >= 0.6 is 11.8 Å². The molecule has 10 heteroatoms. The Hall–Kier alpha value is -3.66. The van der Waals surface area contributed by atoms with Crippen molar-refractivity contribution in [1.29, 1.82) is 0 Å². The molecular weight excluding hydrogens is 430 g/mol. The van der Waals surface area contributed by atoms with Crippen molar-refractivity contribution < 1.29 is 14.5 Å². The summed E-state index contributed by atoms with van der Waals surface area (Å²) in [6.07, 6.45) is 0. The zero-order valence-electron chi connectivity index (χ0n) is 17.5. The van der Waals surface area contributed by atoms with E-state index in [1.54, 1.807) is 30.7 Å². The SMILES string of the molecule is CCOC(=O)C1=C(C)Nc2nc(SCc3ccccc3)nn2C1c1ccc([N+](=O)[O-])cc1. The van der Waals surface area contributed by atoms with Gasteiger partial charge in [0.25, 0.3) is 5.69 Å². The van der Waals surface area contributed by atoms with Gasteiger partial charge in [0.05, 0.1) is 17.1 Å². The molecule has 1 atom stereocenters. The number of esters is 1. The van der Waals surface area contributed by atoms with Crippen LogP contribution in [0.3, 0.4) is 0 Å². The highest BCUT2D eigenvalue weighted by Crippen LogP contribution is 2.37. The van der Waals surface area contributed by atoms with Crippen LogP contribution in [0, 0.1) is 10.1 Å². The Balaban J connectivity index is 1.71. The average Bonchev–Trinajstić information content (AvgIpc) is 3.20. The largest absolute Gasteiger partial charge is 0.463 e. The lowest BCUT2D eigenvalue weighted by molar-refractivity contribution is -0.384. The summed E-state index contributed by atoms with van der Waals surface area (Å²) in [5.74, 6) is 0.721. The molecule has 9 nitrogen and oxygen atoms in total. The van der Waals surface area contributed by atoms with Crippen LogP contribution in [0.4, 0.5) is 11.6 Å². The number of nitro groups is 1. The number of ether oxygens (including phenoxy) is 1. The van der Waals surface area contributed by atoms with E-state index < -0.39 is 16.9 Å². The van der Waals surface area contributed by atoms with Crippen LogP contribution in [0.5, 0.6) is 0 Å². The monoisotopic (exact) mass is 451 g/mol. The predicted octanol–water partition coefficient (Wildman–Crippen LogP) is 4.33. The molecule has 32 heavy (non-hydrogen) atoms. The zero-order chi connectivity index (χ0) is 22.7. The van der Waals surface area contributed by atoms with E-state index in [1.807, 2.05) is 30.3 Å². The highest BCUT2D eigenvalue weighted by molar-refractivity contribution is 7.98. The zero-order valence-corrected chi connectivity index (χ0v) is 18.3. The maximum atomic E-state index is 12.8. The number of non-ortho nitro benzene ring substituents is 1. The van der Waals surface area contributed by atoms with Crippen molar-refractivity contribution in [3.05, 3.63) is 87.1 Å². The summed E-state index contributed by atoms with van der Waals surface area (Å²) in [6, 6.07) is 15.5. The van der Waals surface area contributed by atoms with Crippen LogP contribution in [0.2, 0.25) is 0 Å². The number of hydrogen-bond donors (Lipinski definition) is 1. The summed E-state index contributed by atoms with van der Waals surface area (Å²) in [7, 11) is 0. The van der Waals surface area contributed by atoms with Crippen LogP contribution in [0.1, 0.15) is 31.0 Å². The molecule has 1 aliphatic rings. The van der Waals surface area contributed by atoms with E-state index in [9.17, 15) is 14.9 Å². The molecule has 0 saturated heterocycles. The van der Waals surface area contributed by atoms with Gasteiger partial charge in [0.15, 0.2) is 0 Å². The second-order valence-electron chi connectivity index (χ2n) is 7.07. The maximum Gasteiger partial charge on any atom is 0.338 e. The molecule has 4 rings (SSSR count). The quantitative estimate of drug-likeness (QED) is 0.244. The fourth-order valence-corrected chi connectivity index (χ4v) is 4.26. The van der Waals surface area contributed by atoms with E-state index in [4.69, 9.17) is 4.74 Å². The van der Waals surface area contributed by atoms with Gasteiger partial charge in [-0.3, -0.25) is 10.1 Å². The molecular formula is C22H21N5O4S. The number of nitrogens with zero attached hydrogens (tertiary/aromatic N) is 4. The molecule has 1 aromatic heterocycles. The number of thioether (sulfide) groups is 1. The average molecular weight is 452 g/mol. The third-order valence-electron chi connectivity index (χ3n) is 4.96. The molecule has 1 N–H and O–H groups in total. The molecule has 1 aliphatic heterocycles. The number of benzene rings is 2. The summed E-state index contributed by atoms with van der Waals surface area (Å²) >= 11 is 1.48. The van der Waals surface area contributed by atoms with Crippen LogP contribution in [0.15, 0.2) is 71.0 Å². The number of rotatable bonds is 7. The van der Waals surface area contributed by atoms with E-state index >= 15 is 0 Å². The minimum Gasteiger partial charge on any atom is -0.463 e. The Kier molecular flexibility index (Phi) is 6.22. The van der Waals surface area contributed by atoms with E-state index in [0.717, 1.165) is 5.56 Å². The highest BCUT2D eigenvalue weighted by Gasteiger charge is 2.35. The Bertz CT molecular complexity index is 1170. The van der Waals surface area contributed by atoms with Crippen LogP contribution < -0.4 is 5.32 Å². The van der Waals surface area contributed by atoms with Gasteiger partial charge in [-0.2, -0.15) is 4.98 Å². The number of nitro benzene ring substituents is 1. The second-order valence-corrected chi connectivity index (χ2v) is 8.01. The molecule has 0 saturated carbocycles. The van der Waals surface area contributed by atoms with Crippen molar-refractivity contribution in [2.75, 3.05) is 11.9 Å². The van der Waals surface area contributed by atoms with E-state index in [0.29, 0.717) is 33.7 Å². The number of aromatic nitrogens is 3. The fourth-order valence-electron chi connectivity index (χ4n) is 3.47. The van der Waals surface area contributed by atoms with E-state index in [1.165, 1.54) is 23.9 Å². The molecule has 0 fully saturated rings. The van der Waals surface area contributed by atoms with Crippen molar-refractivity contribution >= 4 is 29.4 Å². The molecule has 0 radical (unpaired) electrons. The van der Waals surface area contributed by atoms with Gasteiger partial charge >= 0.3 is 5.97 Å². The number of anilines is 1. The number of carbonyl (C=O) groups excluding carboxylic acids is 1. The summed E-state index contributed by atoms with van der Waals surface area (Å²) in [4.78, 5) is 28.0. The lowest BCUT2D eigenvalue weighted by Crippen LogP contribution is -2.29. The Morgan fingerprint density at radius 1 is 1.22 bits per heavy atom. The minimum atomic E-state index is -0.621. The molecule has 3 aromatic rings. The number of allylic oxidation sites excluding steroid dienone is 1. The summed E-state index contributed by atoms with van der Waals surface area (Å²) in [6.45, 7) is 3.74. The number of fused-ring (bicyclic) bond motifs is 1. The molecule has 0 spiro atoms. The lowest BCUT2D eigenvalue weighted by Gasteiger charge is -2.28. The first kappa shape index (κ1) is 21.6. The maximum absolute atomic E-state index is 12.8. The molecule has 0 aliphatic carbocycles. The fraction of sp³-hybridized carbons (Fsp3) is 0.227. The molecule has 164 valence electrons. The van der Waals surface area contributed by atoms with Gasteiger partial charge in [-0.25, -0.2) is 9.48 Å². The molecule has 0 bridgehead atoms. The van der Waals surface area contributed by atoms with Crippen LogP contribution in [-0.2, 0) is 15.3 Å². The van der Waals surface area contributed by atoms with Crippen molar-refractivity contribution in [2.45, 2.75) is 30.8 Å². The van der Waals surface area contributed by atoms with Crippen molar-refractivity contribution in [3.8, 4) is 0 Å². The van der Waals surface area contributed by atoms with Gasteiger partial charge in [0, 0.05) is 23.6 Å². The molecule has 0 amide bonds. The topological polar surface area (TPSA) is 112 Å². The van der Waals surface area contributed by atoms with Gasteiger partial charge in [-0.05, 0) is 37.1 Å². The van der Waals surface area contributed by atoms with Crippen molar-refractivity contribution in [3.63, 3.8) is 0 Å². The van der Waals surface area contributed by atoms with Gasteiger partial charge in [-0.15, -0.1) is 5.10 Å². The van der Waals surface area contributed by atoms with Gasteiger partial charge in [-0.1, -0.05) is 42.1 Å². The predicted molar refractivity (Wildman–Crippen MR) is 120 cm³/mol. The first-order chi connectivity index (χ1) is 15.5. The van der Waals surface area contributed by atoms with Crippen molar-refractivity contribution in [2.24, 2.45) is 0 Å². The molecule has 2 aromatic carbocycles. The number of carbonyl (C=O) groups is 1. The smallest absolute Gasteiger partial charge is 0.338 e. The van der Waals surface area contributed by atoms with E-state index in [2.05, 4.69) is 15.4 Å².